The van der Waals surface area contributed by atoms with Crippen molar-refractivity contribution in [2.24, 2.45) is 6.98 Å². The van der Waals surface area contributed by atoms with Crippen molar-refractivity contribution in [2.75, 3.05) is 0 Å². The van der Waals surface area contributed by atoms with E-state index < -0.39 is 13.8 Å². The van der Waals surface area contributed by atoms with Crippen LogP contribution in [-0.2, 0) is 28.0 Å². The smallest absolute Gasteiger partial charge is 0.188 e. The van der Waals surface area contributed by atoms with Crippen molar-refractivity contribution < 1.29 is 29.3 Å². The number of imidazole rings is 1. The summed E-state index contributed by atoms with van der Waals surface area (Å²) in [5.74, 6) is 0.508. The Morgan fingerprint density at radius 3 is 2.50 bits per heavy atom. The maximum absolute atomic E-state index is 7.98. The fourth-order valence-corrected chi connectivity index (χ4v) is 5.59. The van der Waals surface area contributed by atoms with Crippen molar-refractivity contribution >= 4 is 44.6 Å². The number of nitrogens with zero attached hydrogens (tertiary/aromatic N) is 4. The quantitative estimate of drug-likeness (QED) is 0.176. The van der Waals surface area contributed by atoms with E-state index in [0.717, 1.165) is 37.1 Å². The van der Waals surface area contributed by atoms with Crippen LogP contribution >= 0.6 is 11.8 Å². The van der Waals surface area contributed by atoms with Gasteiger partial charge in [-0.3, -0.25) is 0 Å². The van der Waals surface area contributed by atoms with Crippen molar-refractivity contribution in [1.82, 2.24) is 18.7 Å². The Balaban J connectivity index is 0.00000343. The summed E-state index contributed by atoms with van der Waals surface area (Å²) in [6, 6.07) is 35.3. The summed E-state index contributed by atoms with van der Waals surface area (Å²) in [6.07, 6.45) is 3.12. The first kappa shape index (κ1) is 18.6. The van der Waals surface area contributed by atoms with Gasteiger partial charge in [0, 0.05) is 65.8 Å². The van der Waals surface area contributed by atoms with Crippen molar-refractivity contribution in [3.8, 4) is 11.5 Å². The molecule has 0 amide bonds. The summed E-state index contributed by atoms with van der Waals surface area (Å²) in [7, 11) is 0. The minimum Gasteiger partial charge on any atom is -0.319 e. The molecule has 0 N–H and O–H groups in total. The third kappa shape index (κ3) is 4.16. The Bertz CT molecular complexity index is 2170. The van der Waals surface area contributed by atoms with Gasteiger partial charge in [-0.25, -0.2) is 14.1 Å². The molecule has 4 nitrogen and oxygen atoms in total. The summed E-state index contributed by atoms with van der Waals surface area (Å²) in [4.78, 5) is 6.20. The molecular weight excluding hydrogens is 668 g/mol. The number of hydrogen-bond acceptors (Lipinski definition) is 2. The molecule has 0 atom stereocenters. The van der Waals surface area contributed by atoms with Crippen molar-refractivity contribution in [1.29, 1.82) is 0 Å². The molecule has 4 aromatic carbocycles. The first-order valence-electron chi connectivity index (χ1n) is 14.7. The third-order valence-corrected chi connectivity index (χ3v) is 7.31. The van der Waals surface area contributed by atoms with Gasteiger partial charge in [0.1, 0.15) is 5.82 Å². The second kappa shape index (κ2) is 9.90. The zero-order valence-electron chi connectivity index (χ0n) is 25.8. The minimum absolute atomic E-state index is 0. The molecule has 0 aliphatic rings. The van der Waals surface area contributed by atoms with Crippen molar-refractivity contribution in [3.63, 3.8) is 0 Å². The molecule has 188 valence electrons. The summed E-state index contributed by atoms with van der Waals surface area (Å²) >= 11 is 1.48. The number of aryl methyl sites for hydroxylation is 2. The molecule has 3 aromatic heterocycles. The summed E-state index contributed by atoms with van der Waals surface area (Å²) < 4.78 is 52.7. The Labute approximate surface area is 248 Å². The van der Waals surface area contributed by atoms with Crippen LogP contribution in [0.15, 0.2) is 113 Å². The number of pyridine rings is 1. The van der Waals surface area contributed by atoms with Crippen LogP contribution < -0.4 is 0 Å². The molecule has 0 radical (unpaired) electrons. The van der Waals surface area contributed by atoms with Crippen molar-refractivity contribution in [2.45, 2.75) is 16.6 Å². The average molecular weight is 697 g/mol. The topological polar surface area (TPSA) is 27.7 Å². The molecule has 7 aromatic rings. The van der Waals surface area contributed by atoms with Gasteiger partial charge in [0.15, 0.2) is 17.4 Å². The van der Waals surface area contributed by atoms with Gasteiger partial charge < -0.3 is 4.57 Å². The molecule has 0 saturated heterocycles. The van der Waals surface area contributed by atoms with Gasteiger partial charge in [-0.05, 0) is 48.1 Å². The molecule has 0 unspecified atom stereocenters. The first-order chi connectivity index (χ1) is 20.6. The number of rotatable bonds is 4. The van der Waals surface area contributed by atoms with E-state index in [1.807, 2.05) is 81.9 Å². The number of benzene rings is 4. The SMILES string of the molecule is [2H]C([2H])([2H])c1ccnc(-n2c3[c-]c(Sc4[c-]c(-n5[cH+]n(C([2H])([2H])[2H])c6ccccc65)ccc4)ccc3c3ccccc32)c1.[Pt]. The van der Waals surface area contributed by atoms with E-state index in [-0.39, 0.29) is 26.6 Å². The van der Waals surface area contributed by atoms with Gasteiger partial charge in [0.05, 0.1) is 0 Å². The zero-order valence-corrected chi connectivity index (χ0v) is 22.9. The maximum atomic E-state index is 7.98. The number of aromatic nitrogens is 4. The van der Waals surface area contributed by atoms with Crippen LogP contribution in [0.25, 0.3) is 44.3 Å². The second-order valence-electron chi connectivity index (χ2n) is 8.69. The van der Waals surface area contributed by atoms with Crippen LogP contribution in [0.3, 0.4) is 0 Å². The van der Waals surface area contributed by atoms with E-state index in [1.165, 1.54) is 28.6 Å². The minimum atomic E-state index is -2.32. The fourth-order valence-electron chi connectivity index (χ4n) is 4.77. The van der Waals surface area contributed by atoms with Crippen LogP contribution in [0.1, 0.15) is 13.8 Å². The van der Waals surface area contributed by atoms with Gasteiger partial charge in [0.2, 0.25) is 0 Å². The molecule has 0 fully saturated rings. The van der Waals surface area contributed by atoms with Crippen LogP contribution in [0.2, 0.25) is 0 Å². The third-order valence-electron chi connectivity index (χ3n) is 6.40. The molecule has 0 spiro atoms. The van der Waals surface area contributed by atoms with Gasteiger partial charge in [0.25, 0.3) is 0 Å². The fraction of sp³-hybridized carbons (Fsp3) is 0.0625. The van der Waals surface area contributed by atoms with E-state index in [2.05, 4.69) is 17.1 Å². The van der Waals surface area contributed by atoms with Gasteiger partial charge in [-0.15, -0.1) is 34.2 Å². The first-order valence-corrected chi connectivity index (χ1v) is 12.5. The Kier molecular flexibility index (Phi) is 4.84. The van der Waals surface area contributed by atoms with Crippen LogP contribution in [-0.4, -0.2) is 18.7 Å². The molecule has 0 aliphatic heterocycles. The summed E-state index contributed by atoms with van der Waals surface area (Å²) in [5, 5.41) is 1.99. The van der Waals surface area contributed by atoms with Gasteiger partial charge in [-0.1, -0.05) is 34.7 Å². The van der Waals surface area contributed by atoms with E-state index >= 15 is 0 Å². The predicted molar refractivity (Wildman–Crippen MR) is 152 cm³/mol. The predicted octanol–water partition coefficient (Wildman–Crippen LogP) is 7.80. The maximum Gasteiger partial charge on any atom is 0.188 e. The summed E-state index contributed by atoms with van der Waals surface area (Å²) in [6.45, 7) is -4.58. The normalized spacial score (nSPS) is 14.3. The van der Waals surface area contributed by atoms with E-state index in [0.29, 0.717) is 17.0 Å². The monoisotopic (exact) mass is 696 g/mol. The number of para-hydroxylation sites is 3. The van der Waals surface area contributed by atoms with E-state index in [9.17, 15) is 0 Å². The molecule has 0 saturated carbocycles. The standard InChI is InChI=1S/C32H23N4S.Pt/c1-22-16-17-33-32(18-22)36-28-11-4-3-10-26(28)27-15-14-25(20-31(27)36)37-24-9-7-8-23(19-24)35-21-34(2)29-12-5-6-13-30(29)35;/h3-18,21H,1-2H3;/q-1;/i1D3,2D3;. The largest absolute Gasteiger partial charge is 0.319 e. The van der Waals surface area contributed by atoms with Crippen LogP contribution in [0.4, 0.5) is 0 Å². The van der Waals surface area contributed by atoms with Crippen LogP contribution in [0, 0.1) is 19.0 Å². The molecule has 38 heavy (non-hydrogen) atoms. The molecular formula is C32H23N4PtS-. The number of fused-ring (bicyclic) bond motifs is 4. The molecule has 0 aliphatic carbocycles. The Morgan fingerprint density at radius 2 is 1.63 bits per heavy atom. The van der Waals surface area contributed by atoms with Crippen LogP contribution in [0.5, 0.6) is 0 Å². The Morgan fingerprint density at radius 1 is 0.816 bits per heavy atom. The molecule has 6 heteroatoms. The van der Waals surface area contributed by atoms with Crippen molar-refractivity contribution in [3.05, 3.63) is 121 Å². The molecule has 7 rings (SSSR count). The van der Waals surface area contributed by atoms with E-state index in [4.69, 9.17) is 8.22 Å². The number of hydrogen-bond donors (Lipinski definition) is 0. The molecule has 3 heterocycles. The zero-order chi connectivity index (χ0) is 29.9. The van der Waals surface area contributed by atoms with Gasteiger partial charge >= 0.3 is 0 Å². The molecule has 0 bridgehead atoms. The van der Waals surface area contributed by atoms with Gasteiger partial charge in [-0.2, -0.15) is 24.3 Å². The summed E-state index contributed by atoms with van der Waals surface area (Å²) in [5.41, 5.74) is 4.00. The second-order valence-corrected chi connectivity index (χ2v) is 9.77. The van der Waals surface area contributed by atoms with E-state index in [1.54, 1.807) is 18.5 Å². The average Bonchev–Trinajstić information content (AvgIpc) is 3.53. The Hall–Kier alpha value is -3.66.